The lowest BCUT2D eigenvalue weighted by Crippen LogP contribution is -2.28. The molecule has 1 saturated carbocycles. The average Bonchev–Trinajstić information content (AvgIpc) is 2.49. The van der Waals surface area contributed by atoms with Crippen molar-refractivity contribution in [2.75, 3.05) is 6.54 Å². The first-order chi connectivity index (χ1) is 10.1. The van der Waals surface area contributed by atoms with Gasteiger partial charge in [-0.1, -0.05) is 70.2 Å². The molecule has 1 aromatic carbocycles. The summed E-state index contributed by atoms with van der Waals surface area (Å²) in [6, 6.07) is 8.65. The van der Waals surface area contributed by atoms with E-state index in [-0.39, 0.29) is 12.0 Å². The zero-order valence-electron chi connectivity index (χ0n) is 13.6. The van der Waals surface area contributed by atoms with Gasteiger partial charge in [-0.15, -0.1) is 0 Å². The monoisotopic (exact) mass is 289 g/mol. The molecule has 1 aliphatic carbocycles. The Morgan fingerprint density at radius 3 is 2.14 bits per heavy atom. The molecule has 0 radical (unpaired) electrons. The minimum Gasteiger partial charge on any atom is -0.392 e. The standard InChI is InChI=1S/C19H31NO/c1-14(2)16-8-10-17(11-9-16)18(13-20)19(21)12-15-6-4-3-5-7-15/h8-11,14-15,18-19,21H,3-7,12-13,20H2,1-2H3. The lowest BCUT2D eigenvalue weighted by atomic mass is 9.81. The van der Waals surface area contributed by atoms with Crippen molar-refractivity contribution in [1.82, 2.24) is 0 Å². The Labute approximate surface area is 129 Å². The molecule has 1 aromatic rings. The molecular formula is C19H31NO. The second kappa shape index (κ2) is 7.95. The van der Waals surface area contributed by atoms with Crippen LogP contribution >= 0.6 is 0 Å². The second-order valence-electron chi connectivity index (χ2n) is 6.97. The average molecular weight is 289 g/mol. The first-order valence-corrected chi connectivity index (χ1v) is 8.59. The smallest absolute Gasteiger partial charge is 0.0623 e. The van der Waals surface area contributed by atoms with Gasteiger partial charge < -0.3 is 10.8 Å². The van der Waals surface area contributed by atoms with Crippen molar-refractivity contribution in [1.29, 1.82) is 0 Å². The summed E-state index contributed by atoms with van der Waals surface area (Å²) in [6.07, 6.45) is 7.18. The molecule has 2 heteroatoms. The van der Waals surface area contributed by atoms with Crippen LogP contribution in [0.15, 0.2) is 24.3 Å². The number of rotatable bonds is 6. The molecule has 2 rings (SSSR count). The summed E-state index contributed by atoms with van der Waals surface area (Å²) in [5.74, 6) is 1.31. The van der Waals surface area contributed by atoms with E-state index in [9.17, 15) is 5.11 Å². The Bertz CT molecular complexity index is 406. The maximum Gasteiger partial charge on any atom is 0.0623 e. The summed E-state index contributed by atoms with van der Waals surface area (Å²) in [5.41, 5.74) is 8.48. The van der Waals surface area contributed by atoms with E-state index < -0.39 is 0 Å². The van der Waals surface area contributed by atoms with E-state index >= 15 is 0 Å². The molecule has 0 heterocycles. The van der Waals surface area contributed by atoms with Gasteiger partial charge in [-0.05, 0) is 29.4 Å². The number of hydrogen-bond acceptors (Lipinski definition) is 2. The highest BCUT2D eigenvalue weighted by molar-refractivity contribution is 5.28. The summed E-state index contributed by atoms with van der Waals surface area (Å²) < 4.78 is 0. The summed E-state index contributed by atoms with van der Waals surface area (Å²) in [6.45, 7) is 4.93. The SMILES string of the molecule is CC(C)c1ccc(C(CN)C(O)CC2CCCCC2)cc1. The number of hydrogen-bond donors (Lipinski definition) is 2. The Morgan fingerprint density at radius 1 is 1.05 bits per heavy atom. The molecule has 0 aliphatic heterocycles. The lowest BCUT2D eigenvalue weighted by Gasteiger charge is -2.28. The highest BCUT2D eigenvalue weighted by Crippen LogP contribution is 2.31. The molecule has 21 heavy (non-hydrogen) atoms. The molecule has 0 aromatic heterocycles. The van der Waals surface area contributed by atoms with Crippen LogP contribution < -0.4 is 5.73 Å². The summed E-state index contributed by atoms with van der Waals surface area (Å²) in [7, 11) is 0. The van der Waals surface area contributed by atoms with E-state index in [1.165, 1.54) is 43.2 Å². The maximum atomic E-state index is 10.6. The third-order valence-corrected chi connectivity index (χ3v) is 5.05. The largest absolute Gasteiger partial charge is 0.392 e. The molecule has 1 aliphatic rings. The van der Waals surface area contributed by atoms with Gasteiger partial charge in [0.05, 0.1) is 6.10 Å². The van der Waals surface area contributed by atoms with Crippen molar-refractivity contribution >= 4 is 0 Å². The van der Waals surface area contributed by atoms with Gasteiger partial charge in [-0.25, -0.2) is 0 Å². The summed E-state index contributed by atoms with van der Waals surface area (Å²) >= 11 is 0. The zero-order chi connectivity index (χ0) is 15.2. The van der Waals surface area contributed by atoms with E-state index in [4.69, 9.17) is 5.73 Å². The number of aliphatic hydroxyl groups is 1. The first-order valence-electron chi connectivity index (χ1n) is 8.59. The molecule has 0 saturated heterocycles. The predicted molar refractivity (Wildman–Crippen MR) is 89.5 cm³/mol. The van der Waals surface area contributed by atoms with E-state index in [1.807, 2.05) is 0 Å². The molecule has 2 nitrogen and oxygen atoms in total. The van der Waals surface area contributed by atoms with Crippen molar-refractivity contribution < 1.29 is 5.11 Å². The third kappa shape index (κ3) is 4.55. The normalized spacial score (nSPS) is 19.7. The summed E-state index contributed by atoms with van der Waals surface area (Å²) in [5, 5.41) is 10.6. The van der Waals surface area contributed by atoms with E-state index in [0.29, 0.717) is 18.4 Å². The molecular weight excluding hydrogens is 258 g/mol. The van der Waals surface area contributed by atoms with E-state index in [1.54, 1.807) is 0 Å². The Morgan fingerprint density at radius 2 is 1.62 bits per heavy atom. The molecule has 0 spiro atoms. The van der Waals surface area contributed by atoms with Gasteiger partial charge in [-0.3, -0.25) is 0 Å². The molecule has 0 amide bonds. The highest BCUT2D eigenvalue weighted by Gasteiger charge is 2.24. The fourth-order valence-corrected chi connectivity index (χ4v) is 3.57. The first kappa shape index (κ1) is 16.5. The maximum absolute atomic E-state index is 10.6. The van der Waals surface area contributed by atoms with Gasteiger partial charge in [0.1, 0.15) is 0 Å². The minimum atomic E-state index is -0.303. The molecule has 118 valence electrons. The van der Waals surface area contributed by atoms with Gasteiger partial charge in [0.15, 0.2) is 0 Å². The fraction of sp³-hybridized carbons (Fsp3) is 0.684. The predicted octanol–water partition coefficient (Wildman–Crippen LogP) is 4.18. The van der Waals surface area contributed by atoms with Crippen LogP contribution in [0.5, 0.6) is 0 Å². The minimum absolute atomic E-state index is 0.0770. The molecule has 2 unspecified atom stereocenters. The summed E-state index contributed by atoms with van der Waals surface area (Å²) in [4.78, 5) is 0. The molecule has 3 N–H and O–H groups in total. The van der Waals surface area contributed by atoms with Crippen molar-refractivity contribution in [3.63, 3.8) is 0 Å². The van der Waals surface area contributed by atoms with Gasteiger partial charge in [0.25, 0.3) is 0 Å². The molecule has 1 fully saturated rings. The highest BCUT2D eigenvalue weighted by atomic mass is 16.3. The quantitative estimate of drug-likeness (QED) is 0.825. The van der Waals surface area contributed by atoms with Crippen LogP contribution in [0, 0.1) is 5.92 Å². The molecule has 2 atom stereocenters. The van der Waals surface area contributed by atoms with E-state index in [0.717, 1.165) is 6.42 Å². The second-order valence-corrected chi connectivity index (χ2v) is 6.97. The van der Waals surface area contributed by atoms with Crippen molar-refractivity contribution in [3.8, 4) is 0 Å². The van der Waals surface area contributed by atoms with Crippen LogP contribution in [0.25, 0.3) is 0 Å². The Hall–Kier alpha value is -0.860. The van der Waals surface area contributed by atoms with Gasteiger partial charge in [-0.2, -0.15) is 0 Å². The Balaban J connectivity index is 2.00. The lowest BCUT2D eigenvalue weighted by molar-refractivity contribution is 0.106. The van der Waals surface area contributed by atoms with Crippen LogP contribution in [-0.2, 0) is 0 Å². The van der Waals surface area contributed by atoms with Gasteiger partial charge >= 0.3 is 0 Å². The number of benzene rings is 1. The van der Waals surface area contributed by atoms with Crippen molar-refractivity contribution in [3.05, 3.63) is 35.4 Å². The zero-order valence-corrected chi connectivity index (χ0v) is 13.6. The van der Waals surface area contributed by atoms with Crippen LogP contribution in [0.4, 0.5) is 0 Å². The van der Waals surface area contributed by atoms with Crippen LogP contribution in [0.3, 0.4) is 0 Å². The van der Waals surface area contributed by atoms with E-state index in [2.05, 4.69) is 38.1 Å². The number of aliphatic hydroxyl groups excluding tert-OH is 1. The molecule has 0 bridgehead atoms. The van der Waals surface area contributed by atoms with Crippen LogP contribution in [0.2, 0.25) is 0 Å². The van der Waals surface area contributed by atoms with Crippen LogP contribution in [-0.4, -0.2) is 17.8 Å². The van der Waals surface area contributed by atoms with Crippen LogP contribution in [0.1, 0.15) is 75.3 Å². The van der Waals surface area contributed by atoms with Gasteiger partial charge in [0, 0.05) is 12.5 Å². The Kier molecular flexibility index (Phi) is 6.25. The third-order valence-electron chi connectivity index (χ3n) is 5.05. The van der Waals surface area contributed by atoms with Gasteiger partial charge in [0.2, 0.25) is 0 Å². The fourth-order valence-electron chi connectivity index (χ4n) is 3.57. The topological polar surface area (TPSA) is 46.2 Å². The van der Waals surface area contributed by atoms with Crippen molar-refractivity contribution in [2.45, 2.75) is 70.3 Å². The van der Waals surface area contributed by atoms with Crippen molar-refractivity contribution in [2.24, 2.45) is 11.7 Å². The number of nitrogens with two attached hydrogens (primary N) is 1.